The number of halogens is 3. The number of hydrogen-bond acceptors (Lipinski definition) is 4. The van der Waals surface area contributed by atoms with Crippen LogP contribution in [0.1, 0.15) is 10.4 Å². The van der Waals surface area contributed by atoms with Crippen LogP contribution in [0, 0.1) is 0 Å². The summed E-state index contributed by atoms with van der Waals surface area (Å²) in [5, 5.41) is 2.83. The number of alkyl halides is 2. The third-order valence-electron chi connectivity index (χ3n) is 2.54. The number of anilines is 1. The van der Waals surface area contributed by atoms with Crippen LogP contribution in [0.3, 0.4) is 0 Å². The van der Waals surface area contributed by atoms with Crippen molar-refractivity contribution < 1.29 is 18.3 Å². The number of nitrogens with one attached hydrogen (secondary N) is 1. The number of benzene rings is 1. The van der Waals surface area contributed by atoms with Crippen molar-refractivity contribution in [2.24, 2.45) is 0 Å². The lowest BCUT2D eigenvalue weighted by atomic mass is 10.1. The molecule has 114 valence electrons. The summed E-state index contributed by atoms with van der Waals surface area (Å²) < 4.78 is 29.4. The van der Waals surface area contributed by atoms with E-state index in [1.165, 1.54) is 36.5 Å². The van der Waals surface area contributed by atoms with Gasteiger partial charge in [0, 0.05) is 28.5 Å². The quantitative estimate of drug-likeness (QED) is 0.611. The number of ketones is 1. The van der Waals surface area contributed by atoms with E-state index in [2.05, 4.69) is 31.0 Å². The molecule has 7 heteroatoms. The standard InChI is InChI=1S/C15H11BrF2N2O2/c16-11-4-5-14(20-9-11)19-7-6-13(21)10-2-1-3-12(8-10)22-15(17)18/h1-9,15H,(H,19,20). The maximum atomic E-state index is 12.1. The largest absolute Gasteiger partial charge is 0.435 e. The second-order valence-corrected chi connectivity index (χ2v) is 5.03. The Kier molecular flexibility index (Phi) is 5.60. The van der Waals surface area contributed by atoms with E-state index < -0.39 is 6.61 Å². The zero-order chi connectivity index (χ0) is 15.9. The third kappa shape index (κ3) is 4.92. The first-order valence-electron chi connectivity index (χ1n) is 6.18. The Morgan fingerprint density at radius 1 is 1.32 bits per heavy atom. The van der Waals surface area contributed by atoms with Gasteiger partial charge in [-0.05, 0) is 40.2 Å². The van der Waals surface area contributed by atoms with E-state index in [1.807, 2.05) is 0 Å². The second kappa shape index (κ2) is 7.65. The summed E-state index contributed by atoms with van der Waals surface area (Å²) in [6.07, 6.45) is 4.33. The molecular weight excluding hydrogens is 358 g/mol. The molecule has 1 aromatic heterocycles. The zero-order valence-corrected chi connectivity index (χ0v) is 12.8. The van der Waals surface area contributed by atoms with Crippen molar-refractivity contribution in [3.05, 3.63) is 64.9 Å². The molecule has 0 atom stereocenters. The molecular formula is C15H11BrF2N2O2. The van der Waals surface area contributed by atoms with Crippen molar-refractivity contribution in [1.82, 2.24) is 4.98 Å². The minimum Gasteiger partial charge on any atom is -0.435 e. The van der Waals surface area contributed by atoms with Gasteiger partial charge in [0.05, 0.1) is 0 Å². The molecule has 0 fully saturated rings. The molecule has 0 saturated heterocycles. The molecule has 0 amide bonds. The fourth-order valence-electron chi connectivity index (χ4n) is 1.59. The van der Waals surface area contributed by atoms with Crippen LogP contribution >= 0.6 is 15.9 Å². The van der Waals surface area contributed by atoms with Crippen molar-refractivity contribution in [2.75, 3.05) is 5.32 Å². The van der Waals surface area contributed by atoms with E-state index in [9.17, 15) is 13.6 Å². The van der Waals surface area contributed by atoms with E-state index in [-0.39, 0.29) is 17.1 Å². The van der Waals surface area contributed by atoms with E-state index in [1.54, 1.807) is 18.3 Å². The van der Waals surface area contributed by atoms with Crippen LogP contribution in [0.2, 0.25) is 0 Å². The van der Waals surface area contributed by atoms with Crippen LogP contribution < -0.4 is 10.1 Å². The highest BCUT2D eigenvalue weighted by Gasteiger charge is 2.07. The average Bonchev–Trinajstić information content (AvgIpc) is 2.49. The minimum atomic E-state index is -2.92. The fourth-order valence-corrected chi connectivity index (χ4v) is 1.82. The Labute approximate surface area is 134 Å². The van der Waals surface area contributed by atoms with Gasteiger partial charge in [0.2, 0.25) is 0 Å². The minimum absolute atomic E-state index is 0.0585. The molecule has 22 heavy (non-hydrogen) atoms. The van der Waals surface area contributed by atoms with Crippen LogP contribution in [0.15, 0.2) is 59.3 Å². The van der Waals surface area contributed by atoms with Crippen molar-refractivity contribution in [3.8, 4) is 5.75 Å². The molecule has 0 aliphatic rings. The van der Waals surface area contributed by atoms with Crippen LogP contribution in [0.25, 0.3) is 0 Å². The summed E-state index contributed by atoms with van der Waals surface area (Å²) in [7, 11) is 0. The summed E-state index contributed by atoms with van der Waals surface area (Å²) in [4.78, 5) is 16.0. The number of rotatable bonds is 6. The molecule has 4 nitrogen and oxygen atoms in total. The fraction of sp³-hybridized carbons (Fsp3) is 0.0667. The van der Waals surface area contributed by atoms with Gasteiger partial charge in [0.15, 0.2) is 5.78 Å². The SMILES string of the molecule is O=C(C=CNc1ccc(Br)cn1)c1cccc(OC(F)F)c1. The van der Waals surface area contributed by atoms with Crippen molar-refractivity contribution in [3.63, 3.8) is 0 Å². The Morgan fingerprint density at radius 3 is 2.82 bits per heavy atom. The van der Waals surface area contributed by atoms with E-state index in [0.717, 1.165) is 4.47 Å². The van der Waals surface area contributed by atoms with Gasteiger partial charge < -0.3 is 10.1 Å². The monoisotopic (exact) mass is 368 g/mol. The number of pyridine rings is 1. The molecule has 0 bridgehead atoms. The van der Waals surface area contributed by atoms with Crippen molar-refractivity contribution >= 4 is 27.5 Å². The first kappa shape index (κ1) is 16.1. The molecule has 0 radical (unpaired) electrons. The van der Waals surface area contributed by atoms with Gasteiger partial charge in [-0.2, -0.15) is 8.78 Å². The van der Waals surface area contributed by atoms with Crippen LogP contribution in [-0.2, 0) is 0 Å². The molecule has 1 heterocycles. The third-order valence-corrected chi connectivity index (χ3v) is 3.01. The lowest BCUT2D eigenvalue weighted by molar-refractivity contribution is -0.0498. The van der Waals surface area contributed by atoms with E-state index in [4.69, 9.17) is 0 Å². The van der Waals surface area contributed by atoms with Crippen molar-refractivity contribution in [1.29, 1.82) is 0 Å². The van der Waals surface area contributed by atoms with Gasteiger partial charge in [0.25, 0.3) is 0 Å². The zero-order valence-electron chi connectivity index (χ0n) is 11.2. The smallest absolute Gasteiger partial charge is 0.387 e. The summed E-state index contributed by atoms with van der Waals surface area (Å²) in [6.45, 7) is -2.92. The Bertz CT molecular complexity index is 675. The van der Waals surface area contributed by atoms with Gasteiger partial charge in [0.1, 0.15) is 11.6 Å². The van der Waals surface area contributed by atoms with E-state index >= 15 is 0 Å². The predicted octanol–water partition coefficient (Wildman–Crippen LogP) is 4.25. The normalized spacial score (nSPS) is 10.9. The highest BCUT2D eigenvalue weighted by atomic mass is 79.9. The molecule has 0 aliphatic carbocycles. The number of carbonyl (C=O) groups excluding carboxylic acids is 1. The summed E-state index contributed by atoms with van der Waals surface area (Å²) >= 11 is 3.26. The highest BCUT2D eigenvalue weighted by molar-refractivity contribution is 9.10. The number of nitrogens with zero attached hydrogens (tertiary/aromatic N) is 1. The number of ether oxygens (including phenoxy) is 1. The molecule has 2 rings (SSSR count). The summed E-state index contributed by atoms with van der Waals surface area (Å²) in [5.41, 5.74) is 0.250. The lowest BCUT2D eigenvalue weighted by Crippen LogP contribution is -2.03. The first-order valence-corrected chi connectivity index (χ1v) is 6.98. The number of allylic oxidation sites excluding steroid dienone is 1. The van der Waals surface area contributed by atoms with Gasteiger partial charge in [-0.3, -0.25) is 4.79 Å². The van der Waals surface area contributed by atoms with E-state index in [0.29, 0.717) is 5.82 Å². The maximum Gasteiger partial charge on any atom is 0.387 e. The highest BCUT2D eigenvalue weighted by Crippen LogP contribution is 2.16. The Hall–Kier alpha value is -2.28. The number of aromatic nitrogens is 1. The van der Waals surface area contributed by atoms with Crippen molar-refractivity contribution in [2.45, 2.75) is 6.61 Å². The maximum absolute atomic E-state index is 12.1. The first-order chi connectivity index (χ1) is 10.5. The predicted molar refractivity (Wildman–Crippen MR) is 82.1 cm³/mol. The van der Waals surface area contributed by atoms with Gasteiger partial charge in [-0.1, -0.05) is 12.1 Å². The molecule has 1 N–H and O–H groups in total. The second-order valence-electron chi connectivity index (χ2n) is 4.11. The molecule has 2 aromatic rings. The average molecular weight is 369 g/mol. The summed E-state index contributed by atoms with van der Waals surface area (Å²) in [6, 6.07) is 9.14. The van der Waals surface area contributed by atoms with Gasteiger partial charge >= 0.3 is 6.61 Å². The summed E-state index contributed by atoms with van der Waals surface area (Å²) in [5.74, 6) is 0.170. The Morgan fingerprint density at radius 2 is 2.14 bits per heavy atom. The molecule has 1 aromatic carbocycles. The van der Waals surface area contributed by atoms with Crippen LogP contribution in [0.5, 0.6) is 5.75 Å². The van der Waals surface area contributed by atoms with Crippen LogP contribution in [0.4, 0.5) is 14.6 Å². The molecule has 0 saturated carbocycles. The number of carbonyl (C=O) groups is 1. The molecule has 0 unspecified atom stereocenters. The van der Waals surface area contributed by atoms with Gasteiger partial charge in [-0.15, -0.1) is 0 Å². The van der Waals surface area contributed by atoms with Crippen LogP contribution in [-0.4, -0.2) is 17.4 Å². The Balaban J connectivity index is 1.99. The van der Waals surface area contributed by atoms with Gasteiger partial charge in [-0.25, -0.2) is 4.98 Å². The topological polar surface area (TPSA) is 51.2 Å². The number of hydrogen-bond donors (Lipinski definition) is 1. The lowest BCUT2D eigenvalue weighted by Gasteiger charge is -2.05. The molecule has 0 spiro atoms. The molecule has 0 aliphatic heterocycles.